The van der Waals surface area contributed by atoms with E-state index in [1.807, 2.05) is 36.3 Å². The lowest BCUT2D eigenvalue weighted by Crippen LogP contribution is -2.45. The molecule has 2 rings (SSSR count). The van der Waals surface area contributed by atoms with Crippen molar-refractivity contribution in [3.05, 3.63) is 42.4 Å². The maximum atomic E-state index is 5.54. The molecule has 86 valence electrons. The number of hydroxylamine groups is 2. The van der Waals surface area contributed by atoms with Gasteiger partial charge in [0.1, 0.15) is 5.75 Å². The Morgan fingerprint density at radius 1 is 1.44 bits per heavy atom. The lowest BCUT2D eigenvalue weighted by Gasteiger charge is -2.36. The molecular weight excluding hydrogens is 202 g/mol. The van der Waals surface area contributed by atoms with E-state index in [4.69, 9.17) is 9.57 Å². The lowest BCUT2D eigenvalue weighted by atomic mass is 10.1. The first-order valence-corrected chi connectivity index (χ1v) is 5.54. The van der Waals surface area contributed by atoms with Crippen molar-refractivity contribution in [3.8, 4) is 5.75 Å². The molecule has 0 aromatic heterocycles. The van der Waals surface area contributed by atoms with Gasteiger partial charge in [-0.1, -0.05) is 18.2 Å². The van der Waals surface area contributed by atoms with Gasteiger partial charge in [0.25, 0.3) is 5.95 Å². The first kappa shape index (κ1) is 11.0. The van der Waals surface area contributed by atoms with E-state index in [1.54, 1.807) is 0 Å². The first-order chi connectivity index (χ1) is 7.66. The van der Waals surface area contributed by atoms with Gasteiger partial charge in [-0.15, -0.1) is 5.06 Å². The van der Waals surface area contributed by atoms with E-state index in [0.717, 1.165) is 24.3 Å². The summed E-state index contributed by atoms with van der Waals surface area (Å²) >= 11 is 0. The quantitative estimate of drug-likeness (QED) is 0.727. The number of aryl methyl sites for hydroxylation is 1. The molecule has 1 heterocycles. The second-order valence-electron chi connectivity index (χ2n) is 4.11. The third-order valence-electron chi connectivity index (χ3n) is 2.80. The second kappa shape index (κ2) is 4.58. The molecule has 0 saturated carbocycles. The Labute approximate surface area is 96.2 Å². The molecule has 0 radical (unpaired) electrons. The number of para-hydroxylation sites is 1. The van der Waals surface area contributed by atoms with E-state index in [0.29, 0.717) is 12.0 Å². The van der Waals surface area contributed by atoms with Crippen molar-refractivity contribution >= 4 is 0 Å². The van der Waals surface area contributed by atoms with Gasteiger partial charge in [0.05, 0.1) is 0 Å². The van der Waals surface area contributed by atoms with Crippen LogP contribution in [0, 0.1) is 6.92 Å². The molecule has 0 spiro atoms. The van der Waals surface area contributed by atoms with Crippen LogP contribution in [0.5, 0.6) is 5.75 Å². The van der Waals surface area contributed by atoms with Crippen molar-refractivity contribution in [1.82, 2.24) is 5.06 Å². The molecule has 16 heavy (non-hydrogen) atoms. The van der Waals surface area contributed by atoms with Crippen LogP contribution >= 0.6 is 0 Å². The molecule has 1 aromatic carbocycles. The van der Waals surface area contributed by atoms with Crippen molar-refractivity contribution in [2.24, 2.45) is 0 Å². The van der Waals surface area contributed by atoms with Gasteiger partial charge < -0.3 is 9.57 Å². The molecule has 1 aromatic rings. The van der Waals surface area contributed by atoms with Crippen LogP contribution in [0.1, 0.15) is 18.9 Å². The largest absolute Gasteiger partial charge is 0.425 e. The van der Waals surface area contributed by atoms with Crippen molar-refractivity contribution in [3.63, 3.8) is 0 Å². The number of benzene rings is 1. The average Bonchev–Trinajstić information content (AvgIpc) is 2.27. The third kappa shape index (κ3) is 2.36. The monoisotopic (exact) mass is 219 g/mol. The number of hydrogen-bond acceptors (Lipinski definition) is 3. The van der Waals surface area contributed by atoms with Gasteiger partial charge >= 0.3 is 0 Å². The third-order valence-corrected chi connectivity index (χ3v) is 2.80. The predicted molar refractivity (Wildman–Crippen MR) is 62.8 cm³/mol. The first-order valence-electron chi connectivity index (χ1n) is 5.54. The Morgan fingerprint density at radius 3 is 2.75 bits per heavy atom. The summed E-state index contributed by atoms with van der Waals surface area (Å²) in [5.74, 6) is 1.13. The van der Waals surface area contributed by atoms with E-state index < -0.39 is 0 Å². The number of hydrogen-bond donors (Lipinski definition) is 0. The molecule has 3 nitrogen and oxygen atoms in total. The summed E-state index contributed by atoms with van der Waals surface area (Å²) in [4.78, 5) is 5.47. The van der Waals surface area contributed by atoms with Crippen LogP contribution < -0.4 is 4.74 Å². The molecule has 1 atom stereocenters. The normalized spacial score (nSPS) is 20.0. The Morgan fingerprint density at radius 2 is 2.19 bits per heavy atom. The molecular formula is C13H17NO2. The van der Waals surface area contributed by atoms with Crippen LogP contribution in [0.2, 0.25) is 0 Å². The van der Waals surface area contributed by atoms with E-state index in [2.05, 4.69) is 13.5 Å². The average molecular weight is 219 g/mol. The minimum Gasteiger partial charge on any atom is -0.425 e. The van der Waals surface area contributed by atoms with Crippen molar-refractivity contribution in [2.45, 2.75) is 26.3 Å². The Kier molecular flexibility index (Phi) is 3.15. The maximum absolute atomic E-state index is 5.54. The molecule has 1 aliphatic heterocycles. The fourth-order valence-corrected chi connectivity index (χ4v) is 1.57. The summed E-state index contributed by atoms with van der Waals surface area (Å²) in [5.41, 5.74) is 1.07. The van der Waals surface area contributed by atoms with Crippen LogP contribution in [0.3, 0.4) is 0 Å². The van der Waals surface area contributed by atoms with Gasteiger partial charge in [-0.05, 0) is 38.5 Å². The summed E-state index contributed by atoms with van der Waals surface area (Å²) in [5, 5.41) is 1.88. The summed E-state index contributed by atoms with van der Waals surface area (Å²) in [6, 6.07) is 8.26. The van der Waals surface area contributed by atoms with Crippen LogP contribution in [0.25, 0.3) is 0 Å². The Balaban J connectivity index is 1.90. The van der Waals surface area contributed by atoms with Gasteiger partial charge in [-0.3, -0.25) is 0 Å². The number of nitrogens with zero attached hydrogens (tertiary/aromatic N) is 1. The van der Waals surface area contributed by atoms with Crippen LogP contribution in [-0.2, 0) is 4.84 Å². The van der Waals surface area contributed by atoms with Crippen molar-refractivity contribution in [2.75, 3.05) is 6.54 Å². The number of ether oxygens (including phenoxy) is 1. The zero-order valence-corrected chi connectivity index (χ0v) is 9.77. The van der Waals surface area contributed by atoms with Gasteiger partial charge in [0.15, 0.2) is 0 Å². The molecule has 3 heteroatoms. The zero-order valence-electron chi connectivity index (χ0n) is 9.77. The molecule has 1 fully saturated rings. The molecule has 1 saturated heterocycles. The summed E-state index contributed by atoms with van der Waals surface area (Å²) in [6.45, 7) is 8.81. The van der Waals surface area contributed by atoms with E-state index in [1.165, 1.54) is 0 Å². The van der Waals surface area contributed by atoms with Gasteiger partial charge in [-0.2, -0.15) is 0 Å². The zero-order chi connectivity index (χ0) is 11.5. The highest BCUT2D eigenvalue weighted by Crippen LogP contribution is 2.22. The second-order valence-corrected chi connectivity index (χ2v) is 4.11. The molecule has 0 N–H and O–H groups in total. The molecule has 0 aliphatic carbocycles. The van der Waals surface area contributed by atoms with E-state index >= 15 is 0 Å². The Bertz CT molecular complexity index is 389. The Hall–Kier alpha value is -1.48. The smallest absolute Gasteiger partial charge is 0.297 e. The topological polar surface area (TPSA) is 21.7 Å². The van der Waals surface area contributed by atoms with Crippen LogP contribution in [-0.4, -0.2) is 17.6 Å². The minimum atomic E-state index is 0.334. The maximum Gasteiger partial charge on any atom is 0.297 e. The van der Waals surface area contributed by atoms with Gasteiger partial charge in [0, 0.05) is 12.6 Å². The fourth-order valence-electron chi connectivity index (χ4n) is 1.57. The summed E-state index contributed by atoms with van der Waals surface area (Å²) in [7, 11) is 0. The lowest BCUT2D eigenvalue weighted by molar-refractivity contribution is -0.217. The summed E-state index contributed by atoms with van der Waals surface area (Å²) < 4.78 is 5.54. The molecule has 1 unspecified atom stereocenters. The molecule has 1 aliphatic rings. The summed E-state index contributed by atoms with van der Waals surface area (Å²) in [6.07, 6.45) is 1.16. The van der Waals surface area contributed by atoms with E-state index in [-0.39, 0.29) is 0 Å². The van der Waals surface area contributed by atoms with Gasteiger partial charge in [-0.25, -0.2) is 0 Å². The van der Waals surface area contributed by atoms with Gasteiger partial charge in [0.2, 0.25) is 0 Å². The minimum absolute atomic E-state index is 0.334. The SMILES string of the molecule is C=C(Oc1ccccc1C)ON1CCC1C. The highest BCUT2D eigenvalue weighted by molar-refractivity contribution is 5.32. The molecule has 0 amide bonds. The highest BCUT2D eigenvalue weighted by atomic mass is 16.8. The fraction of sp³-hybridized carbons (Fsp3) is 0.385. The highest BCUT2D eigenvalue weighted by Gasteiger charge is 2.26. The van der Waals surface area contributed by atoms with Crippen molar-refractivity contribution < 1.29 is 9.57 Å². The van der Waals surface area contributed by atoms with E-state index in [9.17, 15) is 0 Å². The number of rotatable bonds is 4. The predicted octanol–water partition coefficient (Wildman–Crippen LogP) is 2.87. The van der Waals surface area contributed by atoms with Crippen molar-refractivity contribution in [1.29, 1.82) is 0 Å². The van der Waals surface area contributed by atoms with Crippen LogP contribution in [0.15, 0.2) is 36.8 Å². The van der Waals surface area contributed by atoms with Crippen LogP contribution in [0.4, 0.5) is 0 Å². The molecule has 0 bridgehead atoms. The standard InChI is InChI=1S/C13H17NO2/c1-10-6-4-5-7-13(10)15-12(3)16-14-9-8-11(14)2/h4-7,11H,3,8-9H2,1-2H3.